The van der Waals surface area contributed by atoms with E-state index in [2.05, 4.69) is 22.6 Å². The van der Waals surface area contributed by atoms with Crippen LogP contribution in [0.25, 0.3) is 16.7 Å². The summed E-state index contributed by atoms with van der Waals surface area (Å²) >= 11 is 1.30. The molecule has 1 aliphatic heterocycles. The summed E-state index contributed by atoms with van der Waals surface area (Å²) in [5, 5.41) is 10.4. The van der Waals surface area contributed by atoms with Crippen LogP contribution in [0.5, 0.6) is 0 Å². The molecule has 0 radical (unpaired) electrons. The fourth-order valence-corrected chi connectivity index (χ4v) is 8.25. The van der Waals surface area contributed by atoms with Crippen molar-refractivity contribution in [2.45, 2.75) is 64.2 Å². The van der Waals surface area contributed by atoms with Crippen LogP contribution in [0.3, 0.4) is 0 Å². The molecule has 14 heteroatoms. The molecule has 1 unspecified atom stereocenters. The Bertz CT molecular complexity index is 2090. The monoisotopic (exact) mass is 676 g/mol. The van der Waals surface area contributed by atoms with Gasteiger partial charge in [0.15, 0.2) is 5.65 Å². The Kier molecular flexibility index (Phi) is 8.31. The average molecular weight is 677 g/mol. The van der Waals surface area contributed by atoms with Gasteiger partial charge in [-0.25, -0.2) is 27.5 Å². The molecule has 2 N–H and O–H groups in total. The van der Waals surface area contributed by atoms with Crippen molar-refractivity contribution in [3.63, 3.8) is 0 Å². The number of carbonyl (C=O) groups is 1. The van der Waals surface area contributed by atoms with E-state index in [9.17, 15) is 14.9 Å². The van der Waals surface area contributed by atoms with Crippen molar-refractivity contribution >= 4 is 39.1 Å². The Morgan fingerprint density at radius 3 is 2.69 bits per heavy atom. The number of thiophene rings is 1. The van der Waals surface area contributed by atoms with E-state index in [1.807, 2.05) is 27.7 Å². The number of aryl methyl sites for hydroxylation is 2. The fourth-order valence-electron chi connectivity index (χ4n) is 7.06. The molecule has 1 amide bonds. The Hall–Kier alpha value is -4.77. The summed E-state index contributed by atoms with van der Waals surface area (Å²) in [6.07, 6.45) is 4.42. The van der Waals surface area contributed by atoms with Crippen LogP contribution >= 0.6 is 11.3 Å². The maximum atomic E-state index is 16.7. The zero-order valence-corrected chi connectivity index (χ0v) is 27.9. The summed E-state index contributed by atoms with van der Waals surface area (Å²) in [7, 11) is 0. The van der Waals surface area contributed by atoms with Crippen molar-refractivity contribution in [3.05, 3.63) is 80.2 Å². The Labute approximate surface area is 279 Å². The zero-order valence-electron chi connectivity index (χ0n) is 27.1. The summed E-state index contributed by atoms with van der Waals surface area (Å²) in [4.78, 5) is 43.3. The van der Waals surface area contributed by atoms with E-state index in [0.717, 1.165) is 15.9 Å². The molecule has 0 saturated carbocycles. The minimum atomic E-state index is -3.38. The quantitative estimate of drug-likeness (QED) is 0.279. The largest absolute Gasteiger partial charge is 0.389 e. The summed E-state index contributed by atoms with van der Waals surface area (Å²) in [6, 6.07) is 5.11. The van der Waals surface area contributed by atoms with Gasteiger partial charge in [-0.15, -0.1) is 11.3 Å². The number of pyridine rings is 2. The van der Waals surface area contributed by atoms with Crippen molar-refractivity contribution in [1.29, 1.82) is 5.26 Å². The molecule has 5 heterocycles. The molecule has 4 aromatic heterocycles. The van der Waals surface area contributed by atoms with Crippen LogP contribution in [-0.4, -0.2) is 62.4 Å². The van der Waals surface area contributed by atoms with Crippen molar-refractivity contribution in [2.24, 2.45) is 0 Å². The maximum Gasteiger partial charge on any atom is 0.355 e. The van der Waals surface area contributed by atoms with Gasteiger partial charge in [0.25, 0.3) is 5.92 Å². The first kappa shape index (κ1) is 33.1. The van der Waals surface area contributed by atoms with Crippen molar-refractivity contribution in [1.82, 2.24) is 24.4 Å². The lowest BCUT2D eigenvalue weighted by molar-refractivity contribution is -0.130. The summed E-state index contributed by atoms with van der Waals surface area (Å²) in [5.41, 5.74) is 6.95. The minimum Gasteiger partial charge on any atom is -0.389 e. The lowest BCUT2D eigenvalue weighted by atomic mass is 9.70. The number of amides is 1. The van der Waals surface area contributed by atoms with Crippen LogP contribution in [0.4, 0.5) is 24.0 Å². The topological polar surface area (TPSA) is 134 Å². The number of halogens is 3. The Morgan fingerprint density at radius 1 is 1.25 bits per heavy atom. The number of fused-ring (bicyclic) bond motifs is 2. The molecular formula is C34H35F3N8O2S. The van der Waals surface area contributed by atoms with Gasteiger partial charge in [-0.1, -0.05) is 20.4 Å². The number of nitrogens with two attached hydrogens (primary N) is 1. The van der Waals surface area contributed by atoms with Gasteiger partial charge in [0.2, 0.25) is 5.91 Å². The molecule has 1 fully saturated rings. The Balaban J connectivity index is 1.67. The highest BCUT2D eigenvalue weighted by molar-refractivity contribution is 7.16. The van der Waals surface area contributed by atoms with Crippen LogP contribution in [0.15, 0.2) is 35.8 Å². The maximum absolute atomic E-state index is 16.7. The molecule has 0 bridgehead atoms. The van der Waals surface area contributed by atoms with E-state index in [1.165, 1.54) is 26.9 Å². The number of hydrogen-bond donors (Lipinski definition) is 1. The number of nitrogen functional groups attached to an aromatic ring is 1. The molecule has 48 heavy (non-hydrogen) atoms. The fraction of sp³-hybridized carbons (Fsp3) is 0.412. The van der Waals surface area contributed by atoms with Gasteiger partial charge in [0.05, 0.1) is 41.1 Å². The van der Waals surface area contributed by atoms with Gasteiger partial charge in [0, 0.05) is 29.6 Å². The average Bonchev–Trinajstić information content (AvgIpc) is 3.28. The standard InChI is InChI=1S/C34H35F3N8O2S/c1-6-24(46)43-12-13-44(17-34(36,37)16-43)30-20-14-22(35)28(33(5)10-7-8-23-25(33)21(15-38)29(39)48-23)41-31(20)45(32(47)42-30)27-19(4)9-11-40-26(27)18(2)3/h6,9,11,14,18H,1,7-8,10,12-13,16-17,39H2,2-5H3. The molecule has 250 valence electrons. The molecule has 6 rings (SSSR count). The van der Waals surface area contributed by atoms with Crippen LogP contribution < -0.4 is 16.3 Å². The second-order valence-corrected chi connectivity index (χ2v) is 14.1. The number of anilines is 2. The van der Waals surface area contributed by atoms with Gasteiger partial charge in [-0.3, -0.25) is 9.78 Å². The van der Waals surface area contributed by atoms with Crippen LogP contribution in [-0.2, 0) is 16.6 Å². The molecule has 0 spiro atoms. The summed E-state index contributed by atoms with van der Waals surface area (Å²) in [5.74, 6) is -5.08. The van der Waals surface area contributed by atoms with Crippen molar-refractivity contribution in [3.8, 4) is 11.8 Å². The molecule has 1 atom stereocenters. The molecule has 2 aliphatic rings. The van der Waals surface area contributed by atoms with E-state index in [0.29, 0.717) is 46.8 Å². The predicted octanol–water partition coefficient (Wildman–Crippen LogP) is 5.37. The molecule has 0 aromatic carbocycles. The minimum absolute atomic E-state index is 0.00661. The number of alkyl halides is 2. The Morgan fingerprint density at radius 2 is 2.00 bits per heavy atom. The second kappa shape index (κ2) is 12.0. The summed E-state index contributed by atoms with van der Waals surface area (Å²) < 4.78 is 48.6. The highest BCUT2D eigenvalue weighted by Crippen LogP contribution is 2.49. The predicted molar refractivity (Wildman–Crippen MR) is 178 cm³/mol. The smallest absolute Gasteiger partial charge is 0.355 e. The first-order chi connectivity index (χ1) is 22.7. The van der Waals surface area contributed by atoms with Gasteiger partial charge in [-0.05, 0) is 68.4 Å². The van der Waals surface area contributed by atoms with Crippen LogP contribution in [0.2, 0.25) is 0 Å². The van der Waals surface area contributed by atoms with Crippen LogP contribution in [0, 0.1) is 24.1 Å². The van der Waals surface area contributed by atoms with E-state index < -0.39 is 41.8 Å². The third kappa shape index (κ3) is 5.39. The van der Waals surface area contributed by atoms with E-state index in [1.54, 1.807) is 12.3 Å². The highest BCUT2D eigenvalue weighted by Gasteiger charge is 2.43. The van der Waals surface area contributed by atoms with E-state index in [-0.39, 0.29) is 47.1 Å². The first-order valence-corrected chi connectivity index (χ1v) is 16.5. The summed E-state index contributed by atoms with van der Waals surface area (Å²) in [6.45, 7) is 8.95. The molecule has 4 aromatic rings. The van der Waals surface area contributed by atoms with Crippen molar-refractivity contribution < 1.29 is 18.0 Å². The SMILES string of the molecule is C=CC(=O)N1CCN(c2nc(=O)n(-c3c(C)ccnc3C(C)C)c3nc(C4(C)CCCc5sc(N)c(C#N)c54)c(F)cc23)CC(F)(F)C1. The van der Waals surface area contributed by atoms with E-state index in [4.69, 9.17) is 10.7 Å². The lowest BCUT2D eigenvalue weighted by Crippen LogP contribution is -2.42. The van der Waals surface area contributed by atoms with Crippen LogP contribution in [0.1, 0.15) is 72.5 Å². The number of rotatable bonds is 5. The normalized spacial score (nSPS) is 19.2. The van der Waals surface area contributed by atoms with Crippen molar-refractivity contribution in [2.75, 3.05) is 36.8 Å². The molecular weight excluding hydrogens is 641 g/mol. The number of carbonyl (C=O) groups excluding carboxylic acids is 1. The van der Waals surface area contributed by atoms with Gasteiger partial charge in [-0.2, -0.15) is 10.2 Å². The third-order valence-corrected chi connectivity index (χ3v) is 10.4. The van der Waals surface area contributed by atoms with Gasteiger partial charge < -0.3 is 15.5 Å². The van der Waals surface area contributed by atoms with Gasteiger partial charge >= 0.3 is 5.69 Å². The highest BCUT2D eigenvalue weighted by atomic mass is 32.1. The number of hydrogen-bond acceptors (Lipinski definition) is 9. The first-order valence-electron chi connectivity index (χ1n) is 15.7. The number of aromatic nitrogens is 4. The van der Waals surface area contributed by atoms with Gasteiger partial charge in [0.1, 0.15) is 22.7 Å². The van der Waals surface area contributed by atoms with E-state index >= 15 is 13.2 Å². The number of nitrogens with zero attached hydrogens (tertiary/aromatic N) is 7. The third-order valence-electron chi connectivity index (χ3n) is 9.27. The molecule has 1 aliphatic carbocycles. The number of nitriles is 1. The molecule has 1 saturated heterocycles. The zero-order chi connectivity index (χ0) is 34.7. The molecule has 10 nitrogen and oxygen atoms in total. The lowest BCUT2D eigenvalue weighted by Gasteiger charge is -2.34. The second-order valence-electron chi connectivity index (χ2n) is 12.9.